The van der Waals surface area contributed by atoms with Crippen molar-refractivity contribution in [2.24, 2.45) is 0 Å². The van der Waals surface area contributed by atoms with Gasteiger partial charge in [0.15, 0.2) is 0 Å². The molecule has 10 heteroatoms. The highest BCUT2D eigenvalue weighted by molar-refractivity contribution is 7.89. The second-order valence-corrected chi connectivity index (χ2v) is 6.27. The Morgan fingerprint density at radius 1 is 1.43 bits per heavy atom. The maximum Gasteiger partial charge on any atom is 0.289 e. The molecule has 1 heterocycles. The lowest BCUT2D eigenvalue weighted by atomic mass is 10.3. The molecule has 0 fully saturated rings. The Balaban J connectivity index is 2.12. The van der Waals surface area contributed by atoms with E-state index in [9.17, 15) is 18.5 Å². The van der Waals surface area contributed by atoms with Crippen molar-refractivity contribution in [3.8, 4) is 0 Å². The van der Waals surface area contributed by atoms with Crippen molar-refractivity contribution in [3.63, 3.8) is 0 Å². The van der Waals surface area contributed by atoms with Gasteiger partial charge in [0.1, 0.15) is 5.02 Å². The van der Waals surface area contributed by atoms with E-state index in [1.54, 1.807) is 6.20 Å². The topological polar surface area (TPSA) is 118 Å². The Morgan fingerprint density at radius 2 is 2.19 bits per heavy atom. The van der Waals surface area contributed by atoms with Crippen LogP contribution in [0.5, 0.6) is 0 Å². The van der Waals surface area contributed by atoms with Gasteiger partial charge in [-0.15, -0.1) is 0 Å². The number of nitro benzene ring substituents is 1. The van der Waals surface area contributed by atoms with Crippen molar-refractivity contribution >= 4 is 27.3 Å². The maximum atomic E-state index is 12.0. The SMILES string of the molecule is O=[N+]([O-])c1cc(S(=O)(=O)NCCc2cnc[nH]2)ccc1Cl. The van der Waals surface area contributed by atoms with Gasteiger partial charge in [0.05, 0.1) is 16.1 Å². The number of H-pyrrole nitrogens is 1. The zero-order valence-electron chi connectivity index (χ0n) is 10.6. The number of aromatic nitrogens is 2. The number of nitrogens with one attached hydrogen (secondary N) is 2. The van der Waals surface area contributed by atoms with E-state index in [-0.39, 0.29) is 16.5 Å². The first-order valence-corrected chi connectivity index (χ1v) is 7.67. The summed E-state index contributed by atoms with van der Waals surface area (Å²) >= 11 is 5.65. The molecule has 0 radical (unpaired) electrons. The van der Waals surface area contributed by atoms with Crippen LogP contribution in [0.4, 0.5) is 5.69 Å². The molecule has 0 saturated heterocycles. The number of hydrogen-bond acceptors (Lipinski definition) is 5. The Kier molecular flexibility index (Phi) is 4.56. The molecule has 0 aliphatic carbocycles. The standard InChI is InChI=1S/C11H11ClN4O4S/c12-10-2-1-9(5-11(10)16(17)18)21(19,20)15-4-3-8-6-13-7-14-8/h1-2,5-7,15H,3-4H2,(H,13,14). The van der Waals surface area contributed by atoms with Crippen molar-refractivity contribution < 1.29 is 13.3 Å². The molecule has 0 saturated carbocycles. The Morgan fingerprint density at radius 3 is 2.81 bits per heavy atom. The summed E-state index contributed by atoms with van der Waals surface area (Å²) in [6.45, 7) is 0.140. The third kappa shape index (κ3) is 3.78. The lowest BCUT2D eigenvalue weighted by Crippen LogP contribution is -2.26. The molecule has 0 amide bonds. The van der Waals surface area contributed by atoms with Gasteiger partial charge in [-0.25, -0.2) is 18.1 Å². The molecule has 0 aliphatic heterocycles. The molecule has 0 atom stereocenters. The van der Waals surface area contributed by atoms with Gasteiger partial charge < -0.3 is 4.98 Å². The number of rotatable bonds is 6. The second kappa shape index (κ2) is 6.20. The van der Waals surface area contributed by atoms with Gasteiger partial charge in [0.25, 0.3) is 5.69 Å². The number of benzene rings is 1. The van der Waals surface area contributed by atoms with Crippen LogP contribution >= 0.6 is 11.6 Å². The minimum atomic E-state index is -3.83. The predicted molar refractivity (Wildman–Crippen MR) is 75.6 cm³/mol. The number of nitrogens with zero attached hydrogens (tertiary/aromatic N) is 2. The summed E-state index contributed by atoms with van der Waals surface area (Å²) in [4.78, 5) is 16.5. The molecular weight excluding hydrogens is 320 g/mol. The first-order valence-electron chi connectivity index (χ1n) is 5.81. The van der Waals surface area contributed by atoms with Gasteiger partial charge >= 0.3 is 0 Å². The van der Waals surface area contributed by atoms with Crippen molar-refractivity contribution in [3.05, 3.63) is 51.6 Å². The summed E-state index contributed by atoms with van der Waals surface area (Å²) in [6, 6.07) is 3.33. The highest BCUT2D eigenvalue weighted by atomic mass is 35.5. The van der Waals surface area contributed by atoms with E-state index in [1.807, 2.05) is 0 Å². The molecule has 2 N–H and O–H groups in total. The minimum Gasteiger partial charge on any atom is -0.348 e. The molecule has 8 nitrogen and oxygen atoms in total. The lowest BCUT2D eigenvalue weighted by molar-refractivity contribution is -0.384. The molecule has 21 heavy (non-hydrogen) atoms. The summed E-state index contributed by atoms with van der Waals surface area (Å²) in [5.41, 5.74) is 0.327. The van der Waals surface area contributed by atoms with E-state index in [0.717, 1.165) is 11.8 Å². The highest BCUT2D eigenvalue weighted by Gasteiger charge is 2.20. The van der Waals surface area contributed by atoms with Crippen molar-refractivity contribution in [1.29, 1.82) is 0 Å². The number of imidazole rings is 1. The zero-order chi connectivity index (χ0) is 15.5. The van der Waals surface area contributed by atoms with E-state index in [4.69, 9.17) is 11.6 Å². The molecule has 0 aliphatic rings. The van der Waals surface area contributed by atoms with Gasteiger partial charge in [0, 0.05) is 30.9 Å². The van der Waals surface area contributed by atoms with Crippen molar-refractivity contribution in [2.45, 2.75) is 11.3 Å². The van der Waals surface area contributed by atoms with Crippen LogP contribution in [0.3, 0.4) is 0 Å². The quantitative estimate of drug-likeness (QED) is 0.614. The van der Waals surface area contributed by atoms with Crippen LogP contribution in [0.2, 0.25) is 5.02 Å². The van der Waals surface area contributed by atoms with E-state index in [2.05, 4.69) is 14.7 Å². The summed E-state index contributed by atoms with van der Waals surface area (Å²) in [6.07, 6.45) is 3.50. The Hall–Kier alpha value is -1.97. The maximum absolute atomic E-state index is 12.0. The molecule has 1 aromatic carbocycles. The van der Waals surface area contributed by atoms with Crippen LogP contribution in [0, 0.1) is 10.1 Å². The van der Waals surface area contributed by atoms with E-state index >= 15 is 0 Å². The van der Waals surface area contributed by atoms with Crippen LogP contribution in [0.25, 0.3) is 0 Å². The summed E-state index contributed by atoms with van der Waals surface area (Å²) < 4.78 is 26.4. The molecule has 112 valence electrons. The number of hydrogen-bond donors (Lipinski definition) is 2. The second-order valence-electron chi connectivity index (χ2n) is 4.09. The first-order chi connectivity index (χ1) is 9.90. The third-order valence-electron chi connectivity index (χ3n) is 2.67. The van der Waals surface area contributed by atoms with Crippen LogP contribution in [-0.2, 0) is 16.4 Å². The van der Waals surface area contributed by atoms with Crippen LogP contribution in [0.15, 0.2) is 35.6 Å². The van der Waals surface area contributed by atoms with Gasteiger partial charge in [-0.2, -0.15) is 0 Å². The lowest BCUT2D eigenvalue weighted by Gasteiger charge is -2.06. The van der Waals surface area contributed by atoms with E-state index in [0.29, 0.717) is 6.42 Å². The largest absolute Gasteiger partial charge is 0.348 e. The molecule has 0 bridgehead atoms. The molecule has 1 aromatic heterocycles. The van der Waals surface area contributed by atoms with Gasteiger partial charge in [-0.3, -0.25) is 10.1 Å². The smallest absolute Gasteiger partial charge is 0.289 e. The zero-order valence-corrected chi connectivity index (χ0v) is 12.2. The fourth-order valence-electron chi connectivity index (χ4n) is 1.62. The minimum absolute atomic E-state index is 0.114. The summed E-state index contributed by atoms with van der Waals surface area (Å²) in [5, 5.41) is 10.7. The van der Waals surface area contributed by atoms with Crippen LogP contribution < -0.4 is 4.72 Å². The van der Waals surface area contributed by atoms with Crippen LogP contribution in [-0.4, -0.2) is 29.9 Å². The fraction of sp³-hybridized carbons (Fsp3) is 0.182. The molecular formula is C11H11ClN4O4S. The van der Waals surface area contributed by atoms with Crippen molar-refractivity contribution in [2.75, 3.05) is 6.54 Å². The fourth-order valence-corrected chi connectivity index (χ4v) is 2.86. The molecule has 0 unspecified atom stereocenters. The Bertz CT molecular complexity index is 746. The molecule has 2 aromatic rings. The Labute approximate surface area is 125 Å². The number of halogens is 1. The van der Waals surface area contributed by atoms with Crippen LogP contribution in [0.1, 0.15) is 5.69 Å². The highest BCUT2D eigenvalue weighted by Crippen LogP contribution is 2.26. The predicted octanol–water partition coefficient (Wildman–Crippen LogP) is 1.49. The van der Waals surface area contributed by atoms with Gasteiger partial charge in [-0.05, 0) is 12.1 Å². The molecule has 0 spiro atoms. The van der Waals surface area contributed by atoms with Gasteiger partial charge in [-0.1, -0.05) is 11.6 Å². The van der Waals surface area contributed by atoms with Gasteiger partial charge in [0.2, 0.25) is 10.0 Å². The summed E-state index contributed by atoms with van der Waals surface area (Å²) in [5.74, 6) is 0. The number of sulfonamides is 1. The number of nitro groups is 1. The van der Waals surface area contributed by atoms with E-state index in [1.165, 1.54) is 18.5 Å². The molecule has 2 rings (SSSR count). The van der Waals surface area contributed by atoms with Crippen molar-refractivity contribution in [1.82, 2.24) is 14.7 Å². The average molecular weight is 331 g/mol. The average Bonchev–Trinajstić information content (AvgIpc) is 2.91. The first kappa shape index (κ1) is 15.4. The summed E-state index contributed by atoms with van der Waals surface area (Å²) in [7, 11) is -3.83. The third-order valence-corrected chi connectivity index (χ3v) is 4.44. The van der Waals surface area contributed by atoms with E-state index < -0.39 is 20.6 Å². The number of aromatic amines is 1. The normalized spacial score (nSPS) is 11.5. The monoisotopic (exact) mass is 330 g/mol.